The lowest BCUT2D eigenvalue weighted by molar-refractivity contribution is -0.134. The normalized spacial score (nSPS) is 17.4. The van der Waals surface area contributed by atoms with Crippen molar-refractivity contribution in [1.82, 2.24) is 24.8 Å². The third-order valence-electron chi connectivity index (χ3n) is 6.29. The molecule has 1 aromatic carbocycles. The predicted molar refractivity (Wildman–Crippen MR) is 131 cm³/mol. The van der Waals surface area contributed by atoms with E-state index in [0.717, 1.165) is 61.7 Å². The third-order valence-corrected chi connectivity index (χ3v) is 6.29. The van der Waals surface area contributed by atoms with Crippen molar-refractivity contribution >= 4 is 5.91 Å². The molecule has 3 heterocycles. The largest absolute Gasteiger partial charge is 0.341 e. The average Bonchev–Trinajstić information content (AvgIpc) is 2.99. The Morgan fingerprint density at radius 3 is 2.36 bits per heavy atom. The molecule has 6 nitrogen and oxygen atoms in total. The van der Waals surface area contributed by atoms with E-state index in [9.17, 15) is 4.79 Å². The van der Waals surface area contributed by atoms with Crippen molar-refractivity contribution in [2.75, 3.05) is 26.2 Å². The van der Waals surface area contributed by atoms with E-state index in [1.54, 1.807) is 6.20 Å². The Kier molecular flexibility index (Phi) is 7.45. The summed E-state index contributed by atoms with van der Waals surface area (Å²) in [6.07, 6.45) is 8.25. The van der Waals surface area contributed by atoms with Crippen molar-refractivity contribution in [3.63, 3.8) is 0 Å². The Hall–Kier alpha value is -3.12. The van der Waals surface area contributed by atoms with E-state index in [1.165, 1.54) is 5.56 Å². The number of pyridine rings is 1. The number of likely N-dealkylation sites (N-methyl/N-ethyl adjacent to an activating group) is 1. The summed E-state index contributed by atoms with van der Waals surface area (Å²) in [7, 11) is 0. The van der Waals surface area contributed by atoms with Crippen LogP contribution in [0.15, 0.2) is 61.2 Å². The van der Waals surface area contributed by atoms with Crippen LogP contribution in [0.25, 0.3) is 11.1 Å². The SMILES string of the molecule is CCN1CCN(Cc2cnc(C(C)C)nc2)C[C@@H](Cc2ccc(-c3cccnc3)cc2)C1=O. The molecule has 6 heteroatoms. The maximum absolute atomic E-state index is 13.3. The van der Waals surface area contributed by atoms with E-state index < -0.39 is 0 Å². The van der Waals surface area contributed by atoms with Crippen molar-refractivity contribution in [3.05, 3.63) is 78.1 Å². The highest BCUT2D eigenvalue weighted by molar-refractivity contribution is 5.79. The van der Waals surface area contributed by atoms with E-state index in [2.05, 4.69) is 71.0 Å². The summed E-state index contributed by atoms with van der Waals surface area (Å²) in [5.41, 5.74) is 4.52. The molecule has 0 spiro atoms. The summed E-state index contributed by atoms with van der Waals surface area (Å²) in [5, 5.41) is 0. The van der Waals surface area contributed by atoms with Crippen LogP contribution in [0.2, 0.25) is 0 Å². The molecule has 1 amide bonds. The quantitative estimate of drug-likeness (QED) is 0.548. The fourth-order valence-corrected chi connectivity index (χ4v) is 4.38. The number of amides is 1. The number of benzene rings is 1. The summed E-state index contributed by atoms with van der Waals surface area (Å²) >= 11 is 0. The van der Waals surface area contributed by atoms with Crippen LogP contribution in [0.1, 0.15) is 43.6 Å². The van der Waals surface area contributed by atoms with Crippen LogP contribution >= 0.6 is 0 Å². The van der Waals surface area contributed by atoms with E-state index in [0.29, 0.717) is 5.92 Å². The van der Waals surface area contributed by atoms with Crippen LogP contribution in [0.5, 0.6) is 0 Å². The van der Waals surface area contributed by atoms with Gasteiger partial charge in [0.1, 0.15) is 5.82 Å². The van der Waals surface area contributed by atoms with Crippen LogP contribution in [0, 0.1) is 5.92 Å². The Morgan fingerprint density at radius 1 is 0.970 bits per heavy atom. The number of nitrogens with zero attached hydrogens (tertiary/aromatic N) is 5. The molecule has 0 N–H and O–H groups in total. The maximum atomic E-state index is 13.3. The van der Waals surface area contributed by atoms with Gasteiger partial charge in [0.2, 0.25) is 5.91 Å². The molecule has 0 radical (unpaired) electrons. The van der Waals surface area contributed by atoms with E-state index in [-0.39, 0.29) is 11.8 Å². The lowest BCUT2D eigenvalue weighted by atomic mass is 9.96. The number of carbonyl (C=O) groups excluding carboxylic acids is 1. The smallest absolute Gasteiger partial charge is 0.227 e. The van der Waals surface area contributed by atoms with Crippen LogP contribution in [-0.4, -0.2) is 56.8 Å². The molecular weight excluding hydrogens is 410 g/mol. The van der Waals surface area contributed by atoms with Crippen LogP contribution < -0.4 is 0 Å². The van der Waals surface area contributed by atoms with Gasteiger partial charge in [0.15, 0.2) is 0 Å². The second-order valence-electron chi connectivity index (χ2n) is 9.10. The highest BCUT2D eigenvalue weighted by Gasteiger charge is 2.29. The fraction of sp³-hybridized carbons (Fsp3) is 0.407. The van der Waals surface area contributed by atoms with Gasteiger partial charge >= 0.3 is 0 Å². The molecule has 3 aromatic rings. The number of hydrogen-bond acceptors (Lipinski definition) is 5. The van der Waals surface area contributed by atoms with Crippen molar-refractivity contribution in [3.8, 4) is 11.1 Å². The number of aromatic nitrogens is 3. The monoisotopic (exact) mass is 443 g/mol. The summed E-state index contributed by atoms with van der Waals surface area (Å²) < 4.78 is 0. The zero-order valence-corrected chi connectivity index (χ0v) is 19.8. The van der Waals surface area contributed by atoms with Crippen molar-refractivity contribution in [2.24, 2.45) is 5.92 Å². The molecule has 0 unspecified atom stereocenters. The second kappa shape index (κ2) is 10.7. The zero-order chi connectivity index (χ0) is 23.2. The minimum atomic E-state index is -0.0625. The van der Waals surface area contributed by atoms with E-state index in [1.807, 2.05) is 29.6 Å². The molecule has 1 aliphatic heterocycles. The van der Waals surface area contributed by atoms with Crippen molar-refractivity contribution < 1.29 is 4.79 Å². The van der Waals surface area contributed by atoms with Gasteiger partial charge in [-0.1, -0.05) is 44.2 Å². The van der Waals surface area contributed by atoms with Crippen LogP contribution in [0.4, 0.5) is 0 Å². The minimum Gasteiger partial charge on any atom is -0.341 e. The van der Waals surface area contributed by atoms with Gasteiger partial charge in [-0.15, -0.1) is 0 Å². The molecule has 2 aromatic heterocycles. The van der Waals surface area contributed by atoms with Crippen LogP contribution in [0.3, 0.4) is 0 Å². The van der Waals surface area contributed by atoms with E-state index >= 15 is 0 Å². The Bertz CT molecular complexity index is 1030. The van der Waals surface area contributed by atoms with Gasteiger partial charge < -0.3 is 4.90 Å². The molecule has 0 aliphatic carbocycles. The zero-order valence-electron chi connectivity index (χ0n) is 19.8. The van der Waals surface area contributed by atoms with Gasteiger partial charge in [0, 0.05) is 69.0 Å². The predicted octanol–water partition coefficient (Wildman–Crippen LogP) is 4.19. The molecule has 1 fully saturated rings. The molecule has 1 atom stereocenters. The van der Waals surface area contributed by atoms with Gasteiger partial charge in [-0.3, -0.25) is 14.7 Å². The van der Waals surface area contributed by atoms with Gasteiger partial charge in [-0.25, -0.2) is 9.97 Å². The highest BCUT2D eigenvalue weighted by Crippen LogP contribution is 2.22. The second-order valence-corrected chi connectivity index (χ2v) is 9.10. The summed E-state index contributed by atoms with van der Waals surface area (Å²) in [6.45, 7) is 10.1. The van der Waals surface area contributed by atoms with E-state index in [4.69, 9.17) is 0 Å². The first-order valence-electron chi connectivity index (χ1n) is 11.8. The van der Waals surface area contributed by atoms with Crippen LogP contribution in [-0.2, 0) is 17.8 Å². The fourth-order valence-electron chi connectivity index (χ4n) is 4.38. The van der Waals surface area contributed by atoms with Gasteiger partial charge in [0.05, 0.1) is 5.92 Å². The first-order valence-corrected chi connectivity index (χ1v) is 11.8. The molecule has 0 bridgehead atoms. The van der Waals surface area contributed by atoms with Gasteiger partial charge in [0.25, 0.3) is 0 Å². The minimum absolute atomic E-state index is 0.0625. The molecule has 4 rings (SSSR count). The number of hydrogen-bond donors (Lipinski definition) is 0. The number of rotatable bonds is 7. The Labute approximate surface area is 196 Å². The molecule has 1 saturated heterocycles. The first-order chi connectivity index (χ1) is 16.0. The molecule has 1 aliphatic rings. The van der Waals surface area contributed by atoms with Crippen molar-refractivity contribution in [2.45, 2.75) is 39.7 Å². The Balaban J connectivity index is 1.47. The number of carbonyl (C=O) groups is 1. The Morgan fingerprint density at radius 2 is 1.73 bits per heavy atom. The average molecular weight is 444 g/mol. The standard InChI is InChI=1S/C27H33N5O/c1-4-32-13-12-31(18-22-15-29-26(20(2)3)30-16-22)19-25(27(32)33)14-21-7-9-23(10-8-21)24-6-5-11-28-17-24/h5-11,15-17,20,25H,4,12-14,18-19H2,1-3H3/t25-/m1/s1. The summed E-state index contributed by atoms with van der Waals surface area (Å²) in [6, 6.07) is 12.5. The molecule has 172 valence electrons. The third kappa shape index (κ3) is 5.82. The first kappa shape index (κ1) is 23.1. The van der Waals surface area contributed by atoms with Gasteiger partial charge in [-0.05, 0) is 36.1 Å². The van der Waals surface area contributed by atoms with Gasteiger partial charge in [-0.2, -0.15) is 0 Å². The lowest BCUT2D eigenvalue weighted by Crippen LogP contribution is -2.37. The summed E-state index contributed by atoms with van der Waals surface area (Å²) in [5.74, 6) is 1.38. The topological polar surface area (TPSA) is 62.2 Å². The lowest BCUT2D eigenvalue weighted by Gasteiger charge is -2.23. The summed E-state index contributed by atoms with van der Waals surface area (Å²) in [4.78, 5) is 30.9. The highest BCUT2D eigenvalue weighted by atomic mass is 16.2. The molecular formula is C27H33N5O. The maximum Gasteiger partial charge on any atom is 0.227 e. The molecule has 0 saturated carbocycles. The van der Waals surface area contributed by atoms with Crippen molar-refractivity contribution in [1.29, 1.82) is 0 Å². The molecule has 33 heavy (non-hydrogen) atoms.